The van der Waals surface area contributed by atoms with Crippen LogP contribution in [0.25, 0.3) is 0 Å². The largest absolute Gasteiger partial charge is 0.396 e. The number of nitrogens with zero attached hydrogens (tertiary/aromatic N) is 2. The van der Waals surface area contributed by atoms with E-state index in [2.05, 4.69) is 9.88 Å². The number of rotatable bonds is 1. The van der Waals surface area contributed by atoms with Gasteiger partial charge in [-0.15, -0.1) is 0 Å². The van der Waals surface area contributed by atoms with Gasteiger partial charge >= 0.3 is 0 Å². The number of ether oxygens (including phenoxy) is 1. The number of fused-ring (bicyclic) bond motifs is 1. The zero-order chi connectivity index (χ0) is 11.8. The van der Waals surface area contributed by atoms with Gasteiger partial charge in [-0.05, 0) is 38.3 Å². The third-order valence-electron chi connectivity index (χ3n) is 3.80. The zero-order valence-corrected chi connectivity index (χ0v) is 10.2. The third-order valence-corrected chi connectivity index (χ3v) is 3.80. The monoisotopic (exact) mass is 233 g/mol. The Hall–Kier alpha value is -1.29. The minimum absolute atomic E-state index is 0.380. The van der Waals surface area contributed by atoms with Gasteiger partial charge in [0.25, 0.3) is 0 Å². The van der Waals surface area contributed by atoms with Gasteiger partial charge in [0.05, 0.1) is 24.4 Å². The molecule has 17 heavy (non-hydrogen) atoms. The van der Waals surface area contributed by atoms with Crippen LogP contribution < -0.4 is 10.6 Å². The number of hydrogen-bond acceptors (Lipinski definition) is 4. The van der Waals surface area contributed by atoms with Gasteiger partial charge in [0.1, 0.15) is 0 Å². The first-order chi connectivity index (χ1) is 8.25. The SMILES string of the molecule is Cc1ccc(N)c(N2CCOC3CCCC32)n1. The molecule has 2 N–H and O–H groups in total. The maximum atomic E-state index is 6.06. The van der Waals surface area contributed by atoms with E-state index in [9.17, 15) is 0 Å². The molecule has 0 aromatic carbocycles. The summed E-state index contributed by atoms with van der Waals surface area (Å²) in [7, 11) is 0. The number of anilines is 2. The minimum Gasteiger partial charge on any atom is -0.396 e. The lowest BCUT2D eigenvalue weighted by atomic mass is 10.1. The lowest BCUT2D eigenvalue weighted by Gasteiger charge is -2.39. The molecule has 1 saturated heterocycles. The standard InChI is InChI=1S/C13H19N3O/c1-9-5-6-10(14)13(15-9)16-7-8-17-12-4-2-3-11(12)16/h5-6,11-12H,2-4,7-8,14H2,1H3. The number of nitrogen functional groups attached to an aromatic ring is 1. The lowest BCUT2D eigenvalue weighted by Crippen LogP contribution is -2.49. The average Bonchev–Trinajstić information content (AvgIpc) is 2.80. The van der Waals surface area contributed by atoms with E-state index in [4.69, 9.17) is 10.5 Å². The average molecular weight is 233 g/mol. The molecule has 1 saturated carbocycles. The van der Waals surface area contributed by atoms with E-state index in [-0.39, 0.29) is 0 Å². The fraction of sp³-hybridized carbons (Fsp3) is 0.615. The molecule has 2 unspecified atom stereocenters. The molecule has 1 aliphatic carbocycles. The first-order valence-corrected chi connectivity index (χ1v) is 6.37. The van der Waals surface area contributed by atoms with Crippen LogP contribution in [-0.2, 0) is 4.74 Å². The molecular weight excluding hydrogens is 214 g/mol. The van der Waals surface area contributed by atoms with Crippen LogP contribution in [0.2, 0.25) is 0 Å². The Morgan fingerprint density at radius 3 is 3.18 bits per heavy atom. The van der Waals surface area contributed by atoms with Crippen molar-refractivity contribution >= 4 is 11.5 Å². The van der Waals surface area contributed by atoms with Crippen molar-refractivity contribution in [1.29, 1.82) is 0 Å². The molecule has 0 bridgehead atoms. The Bertz CT molecular complexity index is 421. The Morgan fingerprint density at radius 2 is 2.29 bits per heavy atom. The summed E-state index contributed by atoms with van der Waals surface area (Å²) in [6.07, 6.45) is 4.00. The van der Waals surface area contributed by atoms with E-state index in [1.54, 1.807) is 0 Å². The molecule has 4 nitrogen and oxygen atoms in total. The summed E-state index contributed by atoms with van der Waals surface area (Å²) in [5, 5.41) is 0. The lowest BCUT2D eigenvalue weighted by molar-refractivity contribution is 0.0254. The van der Waals surface area contributed by atoms with Crippen molar-refractivity contribution in [2.24, 2.45) is 0 Å². The Morgan fingerprint density at radius 1 is 1.41 bits per heavy atom. The number of hydrogen-bond donors (Lipinski definition) is 1. The van der Waals surface area contributed by atoms with Crippen molar-refractivity contribution in [3.8, 4) is 0 Å². The second-order valence-corrected chi connectivity index (χ2v) is 4.97. The molecule has 1 aromatic rings. The highest BCUT2D eigenvalue weighted by Crippen LogP contribution is 2.34. The summed E-state index contributed by atoms with van der Waals surface area (Å²) in [5.74, 6) is 0.949. The van der Waals surface area contributed by atoms with Gasteiger partial charge in [0.2, 0.25) is 0 Å². The molecule has 4 heteroatoms. The van der Waals surface area contributed by atoms with Crippen molar-refractivity contribution < 1.29 is 4.74 Å². The van der Waals surface area contributed by atoms with Crippen LogP contribution in [0, 0.1) is 6.92 Å². The van der Waals surface area contributed by atoms with E-state index in [0.717, 1.165) is 30.4 Å². The summed E-state index contributed by atoms with van der Waals surface area (Å²) in [6.45, 7) is 3.70. The van der Waals surface area contributed by atoms with Gasteiger partial charge in [0.15, 0.2) is 5.82 Å². The predicted octanol–water partition coefficient (Wildman–Crippen LogP) is 1.73. The number of aryl methyl sites for hydroxylation is 1. The maximum absolute atomic E-state index is 6.06. The molecule has 2 fully saturated rings. The summed E-state index contributed by atoms with van der Waals surface area (Å²) in [5.41, 5.74) is 7.86. The topological polar surface area (TPSA) is 51.4 Å². The Kier molecular flexibility index (Phi) is 2.67. The molecule has 0 radical (unpaired) electrons. The number of nitrogens with two attached hydrogens (primary N) is 1. The van der Waals surface area contributed by atoms with E-state index in [0.29, 0.717) is 12.1 Å². The number of morpholine rings is 1. The number of pyridine rings is 1. The zero-order valence-electron chi connectivity index (χ0n) is 10.2. The summed E-state index contributed by atoms with van der Waals surface area (Å²) >= 11 is 0. The second-order valence-electron chi connectivity index (χ2n) is 4.97. The van der Waals surface area contributed by atoms with Crippen LogP contribution in [0.4, 0.5) is 11.5 Å². The van der Waals surface area contributed by atoms with Crippen LogP contribution in [-0.4, -0.2) is 30.3 Å². The maximum Gasteiger partial charge on any atom is 0.152 e. The van der Waals surface area contributed by atoms with Crippen molar-refractivity contribution in [3.05, 3.63) is 17.8 Å². The van der Waals surface area contributed by atoms with Crippen LogP contribution in [0.5, 0.6) is 0 Å². The van der Waals surface area contributed by atoms with Crippen LogP contribution in [0.15, 0.2) is 12.1 Å². The van der Waals surface area contributed by atoms with Crippen molar-refractivity contribution in [2.75, 3.05) is 23.8 Å². The molecular formula is C13H19N3O. The number of aromatic nitrogens is 1. The minimum atomic E-state index is 0.380. The molecule has 2 aliphatic rings. The molecule has 0 amide bonds. The smallest absolute Gasteiger partial charge is 0.152 e. The highest BCUT2D eigenvalue weighted by Gasteiger charge is 2.37. The third kappa shape index (κ3) is 1.86. The Labute approximate surface area is 102 Å². The van der Waals surface area contributed by atoms with Gasteiger partial charge < -0.3 is 15.4 Å². The molecule has 0 spiro atoms. The van der Waals surface area contributed by atoms with Crippen molar-refractivity contribution in [2.45, 2.75) is 38.3 Å². The first kappa shape index (κ1) is 10.8. The molecule has 1 aromatic heterocycles. The summed E-state index contributed by atoms with van der Waals surface area (Å²) in [6, 6.07) is 4.39. The van der Waals surface area contributed by atoms with Gasteiger partial charge in [-0.1, -0.05) is 0 Å². The van der Waals surface area contributed by atoms with Crippen molar-refractivity contribution in [3.63, 3.8) is 0 Å². The van der Waals surface area contributed by atoms with Crippen molar-refractivity contribution in [1.82, 2.24) is 4.98 Å². The van der Waals surface area contributed by atoms with E-state index in [1.807, 2.05) is 19.1 Å². The van der Waals surface area contributed by atoms with Gasteiger partial charge in [-0.25, -0.2) is 4.98 Å². The van der Waals surface area contributed by atoms with Gasteiger partial charge in [0, 0.05) is 12.2 Å². The van der Waals surface area contributed by atoms with Crippen LogP contribution in [0.1, 0.15) is 25.0 Å². The Balaban J connectivity index is 1.94. The summed E-state index contributed by atoms with van der Waals surface area (Å²) in [4.78, 5) is 6.95. The van der Waals surface area contributed by atoms with E-state index >= 15 is 0 Å². The normalized spacial score (nSPS) is 28.2. The van der Waals surface area contributed by atoms with Gasteiger partial charge in [-0.3, -0.25) is 0 Å². The second kappa shape index (κ2) is 4.18. The molecule has 1 aliphatic heterocycles. The van der Waals surface area contributed by atoms with Gasteiger partial charge in [-0.2, -0.15) is 0 Å². The predicted molar refractivity (Wildman–Crippen MR) is 68.1 cm³/mol. The van der Waals surface area contributed by atoms with Crippen LogP contribution in [0.3, 0.4) is 0 Å². The van der Waals surface area contributed by atoms with E-state index in [1.165, 1.54) is 19.3 Å². The molecule has 2 heterocycles. The first-order valence-electron chi connectivity index (χ1n) is 6.37. The molecule has 3 rings (SSSR count). The fourth-order valence-corrected chi connectivity index (χ4v) is 2.97. The summed E-state index contributed by atoms with van der Waals surface area (Å²) < 4.78 is 5.81. The van der Waals surface area contributed by atoms with Crippen LogP contribution >= 0.6 is 0 Å². The highest BCUT2D eigenvalue weighted by molar-refractivity contribution is 5.63. The quantitative estimate of drug-likeness (QED) is 0.802. The fourth-order valence-electron chi connectivity index (χ4n) is 2.97. The highest BCUT2D eigenvalue weighted by atomic mass is 16.5. The van der Waals surface area contributed by atoms with E-state index < -0.39 is 0 Å². The molecule has 2 atom stereocenters. The molecule has 92 valence electrons.